The van der Waals surface area contributed by atoms with Crippen molar-refractivity contribution in [3.05, 3.63) is 54.7 Å². The van der Waals surface area contributed by atoms with Crippen LogP contribution < -0.4 is 5.32 Å². The molecule has 6 nitrogen and oxygen atoms in total. The Balaban J connectivity index is 1.81. The molecule has 3 heterocycles. The molecule has 0 bridgehead atoms. The maximum Gasteiger partial charge on any atom is 0.176 e. The smallest absolute Gasteiger partial charge is 0.176 e. The third-order valence-electron chi connectivity index (χ3n) is 3.07. The van der Waals surface area contributed by atoms with Crippen LogP contribution in [0.2, 0.25) is 0 Å². The number of hydrogen-bond acceptors (Lipinski definition) is 4. The van der Waals surface area contributed by atoms with Crippen LogP contribution in [0.15, 0.2) is 49.1 Å². The molecular formula is C14H16N6. The van der Waals surface area contributed by atoms with E-state index >= 15 is 0 Å². The number of aryl methyl sites for hydroxylation is 1. The van der Waals surface area contributed by atoms with Gasteiger partial charge >= 0.3 is 0 Å². The highest BCUT2D eigenvalue weighted by Gasteiger charge is 2.07. The van der Waals surface area contributed by atoms with Gasteiger partial charge in [0, 0.05) is 31.3 Å². The number of anilines is 1. The molecule has 0 atom stereocenters. The molecule has 1 N–H and O–H groups in total. The minimum atomic E-state index is 0.702. The van der Waals surface area contributed by atoms with Crippen molar-refractivity contribution in [2.75, 3.05) is 5.32 Å². The zero-order valence-corrected chi connectivity index (χ0v) is 11.3. The van der Waals surface area contributed by atoms with Gasteiger partial charge in [0.1, 0.15) is 0 Å². The monoisotopic (exact) mass is 268 g/mol. The van der Waals surface area contributed by atoms with E-state index in [2.05, 4.69) is 27.4 Å². The topological polar surface area (TPSA) is 60.6 Å². The van der Waals surface area contributed by atoms with Crippen LogP contribution in [0.1, 0.15) is 12.6 Å². The molecule has 0 aliphatic rings. The van der Waals surface area contributed by atoms with Crippen LogP contribution in [0, 0.1) is 0 Å². The molecule has 0 fully saturated rings. The van der Waals surface area contributed by atoms with E-state index in [1.807, 2.05) is 41.3 Å². The quantitative estimate of drug-likeness (QED) is 0.769. The van der Waals surface area contributed by atoms with E-state index in [1.54, 1.807) is 17.1 Å². The van der Waals surface area contributed by atoms with Crippen molar-refractivity contribution in [3.63, 3.8) is 0 Å². The van der Waals surface area contributed by atoms with E-state index in [9.17, 15) is 0 Å². The van der Waals surface area contributed by atoms with Gasteiger partial charge in [-0.15, -0.1) is 0 Å². The lowest BCUT2D eigenvalue weighted by atomic mass is 10.3. The highest BCUT2D eigenvalue weighted by Crippen LogP contribution is 2.17. The number of rotatable bonds is 5. The number of nitrogens with one attached hydrogen (secondary N) is 1. The van der Waals surface area contributed by atoms with E-state index in [-0.39, 0.29) is 0 Å². The Morgan fingerprint density at radius 1 is 1.10 bits per heavy atom. The molecule has 0 saturated carbocycles. The summed E-state index contributed by atoms with van der Waals surface area (Å²) in [6.45, 7) is 3.65. The fourth-order valence-corrected chi connectivity index (χ4v) is 2.09. The van der Waals surface area contributed by atoms with Crippen LogP contribution in [-0.4, -0.2) is 24.5 Å². The fraction of sp³-hybridized carbons (Fsp3) is 0.214. The number of hydrogen-bond donors (Lipinski definition) is 1. The van der Waals surface area contributed by atoms with Gasteiger partial charge in [-0.2, -0.15) is 10.2 Å². The number of nitrogens with zero attached hydrogens (tertiary/aromatic N) is 5. The van der Waals surface area contributed by atoms with Crippen LogP contribution in [0.25, 0.3) is 5.82 Å². The van der Waals surface area contributed by atoms with Crippen molar-refractivity contribution in [3.8, 4) is 5.82 Å². The van der Waals surface area contributed by atoms with E-state index < -0.39 is 0 Å². The van der Waals surface area contributed by atoms with Gasteiger partial charge in [-0.3, -0.25) is 4.68 Å². The maximum atomic E-state index is 4.38. The summed E-state index contributed by atoms with van der Waals surface area (Å²) < 4.78 is 3.72. The summed E-state index contributed by atoms with van der Waals surface area (Å²) in [4.78, 5) is 4.38. The number of aromatic nitrogens is 5. The predicted molar refractivity (Wildman–Crippen MR) is 76.6 cm³/mol. The lowest BCUT2D eigenvalue weighted by Crippen LogP contribution is -2.10. The Bertz CT molecular complexity index is 671. The summed E-state index contributed by atoms with van der Waals surface area (Å²) in [7, 11) is 0. The van der Waals surface area contributed by atoms with Crippen molar-refractivity contribution < 1.29 is 0 Å². The Labute approximate surface area is 117 Å². The minimum Gasteiger partial charge on any atom is -0.376 e. The third-order valence-corrected chi connectivity index (χ3v) is 3.07. The maximum absolute atomic E-state index is 4.38. The SMILES string of the molecule is CCn1nccc1CNc1cccnc1-n1cccn1. The Morgan fingerprint density at radius 2 is 2.05 bits per heavy atom. The summed E-state index contributed by atoms with van der Waals surface area (Å²) in [5.41, 5.74) is 2.09. The summed E-state index contributed by atoms with van der Waals surface area (Å²) in [6, 6.07) is 7.80. The lowest BCUT2D eigenvalue weighted by Gasteiger charge is -2.11. The van der Waals surface area contributed by atoms with E-state index in [1.165, 1.54) is 0 Å². The molecule has 0 aromatic carbocycles. The average molecular weight is 268 g/mol. The van der Waals surface area contributed by atoms with Crippen LogP contribution in [0.4, 0.5) is 5.69 Å². The number of pyridine rings is 1. The molecule has 20 heavy (non-hydrogen) atoms. The highest BCUT2D eigenvalue weighted by molar-refractivity contribution is 5.56. The van der Waals surface area contributed by atoms with Crippen LogP contribution in [0.5, 0.6) is 0 Å². The van der Waals surface area contributed by atoms with Gasteiger partial charge in [0.25, 0.3) is 0 Å². The second kappa shape index (κ2) is 5.56. The third kappa shape index (κ3) is 2.40. The predicted octanol–water partition coefficient (Wildman–Crippen LogP) is 2.10. The molecule has 3 rings (SSSR count). The van der Waals surface area contributed by atoms with Gasteiger partial charge in [-0.1, -0.05) is 0 Å². The first-order valence-electron chi connectivity index (χ1n) is 6.58. The van der Waals surface area contributed by atoms with Gasteiger partial charge in [0.2, 0.25) is 0 Å². The molecule has 0 aliphatic carbocycles. The molecule has 0 aliphatic heterocycles. The van der Waals surface area contributed by atoms with Crippen LogP contribution in [-0.2, 0) is 13.1 Å². The van der Waals surface area contributed by atoms with E-state index in [0.29, 0.717) is 6.54 Å². The van der Waals surface area contributed by atoms with Gasteiger partial charge in [0.15, 0.2) is 5.82 Å². The van der Waals surface area contributed by atoms with Crippen molar-refractivity contribution in [1.82, 2.24) is 24.5 Å². The largest absolute Gasteiger partial charge is 0.376 e. The molecule has 0 radical (unpaired) electrons. The van der Waals surface area contributed by atoms with Gasteiger partial charge in [-0.05, 0) is 31.2 Å². The van der Waals surface area contributed by atoms with E-state index in [4.69, 9.17) is 0 Å². The standard InChI is InChI=1S/C14H16N6/c1-2-19-12(6-9-18-19)11-16-13-5-3-7-15-14(13)20-10-4-8-17-20/h3-10,16H,2,11H2,1H3. The van der Waals surface area contributed by atoms with Crippen LogP contribution >= 0.6 is 0 Å². The second-order valence-electron chi connectivity index (χ2n) is 4.32. The zero-order valence-electron chi connectivity index (χ0n) is 11.3. The first-order valence-corrected chi connectivity index (χ1v) is 6.58. The normalized spacial score (nSPS) is 10.7. The molecule has 6 heteroatoms. The molecule has 3 aromatic heterocycles. The molecular weight excluding hydrogens is 252 g/mol. The van der Waals surface area contributed by atoms with Gasteiger partial charge in [0.05, 0.1) is 17.9 Å². The molecule has 0 spiro atoms. The molecule has 3 aromatic rings. The first-order chi connectivity index (χ1) is 9.88. The Morgan fingerprint density at radius 3 is 2.85 bits per heavy atom. The van der Waals surface area contributed by atoms with Crippen molar-refractivity contribution >= 4 is 5.69 Å². The van der Waals surface area contributed by atoms with Crippen molar-refractivity contribution in [2.45, 2.75) is 20.0 Å². The van der Waals surface area contributed by atoms with Gasteiger partial charge in [-0.25, -0.2) is 9.67 Å². The summed E-state index contributed by atoms with van der Waals surface area (Å²) in [5, 5.41) is 11.9. The Kier molecular flexibility index (Phi) is 3.45. The minimum absolute atomic E-state index is 0.702. The van der Waals surface area contributed by atoms with Crippen molar-refractivity contribution in [1.29, 1.82) is 0 Å². The summed E-state index contributed by atoms with van der Waals surface area (Å²) in [5.74, 6) is 0.792. The Hall–Kier alpha value is -2.63. The molecule has 0 unspecified atom stereocenters. The zero-order chi connectivity index (χ0) is 13.8. The average Bonchev–Trinajstić information content (AvgIpc) is 3.16. The summed E-state index contributed by atoms with van der Waals surface area (Å²) in [6.07, 6.45) is 7.20. The molecule has 0 amide bonds. The van der Waals surface area contributed by atoms with Crippen LogP contribution in [0.3, 0.4) is 0 Å². The summed E-state index contributed by atoms with van der Waals surface area (Å²) >= 11 is 0. The van der Waals surface area contributed by atoms with Gasteiger partial charge < -0.3 is 5.32 Å². The first kappa shape index (κ1) is 12.4. The second-order valence-corrected chi connectivity index (χ2v) is 4.32. The van der Waals surface area contributed by atoms with E-state index in [0.717, 1.165) is 23.7 Å². The molecule has 0 saturated heterocycles. The van der Waals surface area contributed by atoms with Crippen molar-refractivity contribution in [2.24, 2.45) is 0 Å². The molecule has 102 valence electrons. The lowest BCUT2D eigenvalue weighted by molar-refractivity contribution is 0.627. The fourth-order valence-electron chi connectivity index (χ4n) is 2.09. The highest BCUT2D eigenvalue weighted by atomic mass is 15.3.